The number of carbonyl (C=O) groups is 1. The number of para-hydroxylation sites is 1. The number of amides is 1. The van der Waals surface area contributed by atoms with Crippen molar-refractivity contribution in [2.45, 2.75) is 25.8 Å². The van der Waals surface area contributed by atoms with E-state index in [1.54, 1.807) is 17.7 Å². The second-order valence-corrected chi connectivity index (χ2v) is 9.37. The zero-order valence-electron chi connectivity index (χ0n) is 20.7. The van der Waals surface area contributed by atoms with Gasteiger partial charge in [0.25, 0.3) is 5.91 Å². The first kappa shape index (κ1) is 24.5. The lowest BCUT2D eigenvalue weighted by molar-refractivity contribution is 0.0931. The molecule has 0 saturated carbocycles. The summed E-state index contributed by atoms with van der Waals surface area (Å²) >= 11 is 6.07. The van der Waals surface area contributed by atoms with Crippen LogP contribution in [0.3, 0.4) is 0 Å². The van der Waals surface area contributed by atoms with Crippen LogP contribution in [0, 0.1) is 0 Å². The summed E-state index contributed by atoms with van der Waals surface area (Å²) < 4.78 is 7.16. The third-order valence-electron chi connectivity index (χ3n) is 6.27. The van der Waals surface area contributed by atoms with E-state index >= 15 is 0 Å². The highest BCUT2D eigenvalue weighted by Gasteiger charge is 2.20. The summed E-state index contributed by atoms with van der Waals surface area (Å²) in [6.07, 6.45) is 1.70. The molecule has 0 radical (unpaired) electrons. The molecule has 2 heterocycles. The van der Waals surface area contributed by atoms with Crippen LogP contribution in [0.2, 0.25) is 5.02 Å². The first-order valence-corrected chi connectivity index (χ1v) is 12.5. The van der Waals surface area contributed by atoms with E-state index in [1.807, 2.05) is 79.7 Å². The fraction of sp³-hybridized carbons (Fsp3) is 0.167. The molecule has 5 aromatic rings. The summed E-state index contributed by atoms with van der Waals surface area (Å²) in [6, 6.07) is 28.9. The number of methoxy groups -OCH3 is 1. The van der Waals surface area contributed by atoms with Gasteiger partial charge in [0.05, 0.1) is 18.5 Å². The molecule has 186 valence electrons. The summed E-state index contributed by atoms with van der Waals surface area (Å²) in [5, 5.41) is 8.52. The van der Waals surface area contributed by atoms with Gasteiger partial charge in [-0.3, -0.25) is 4.79 Å². The maximum absolute atomic E-state index is 13.6. The molecule has 0 unspecified atom stereocenters. The Morgan fingerprint density at radius 3 is 2.46 bits per heavy atom. The molecule has 0 spiro atoms. The summed E-state index contributed by atoms with van der Waals surface area (Å²) in [5.41, 5.74) is 5.23. The molecule has 0 aliphatic carbocycles. The van der Waals surface area contributed by atoms with Gasteiger partial charge in [-0.15, -0.1) is 0 Å². The van der Waals surface area contributed by atoms with E-state index in [-0.39, 0.29) is 11.9 Å². The summed E-state index contributed by atoms with van der Waals surface area (Å²) in [6.45, 7) is 2.02. The molecule has 37 heavy (non-hydrogen) atoms. The van der Waals surface area contributed by atoms with Crippen LogP contribution in [0.25, 0.3) is 28.2 Å². The largest absolute Gasteiger partial charge is 0.496 e. The van der Waals surface area contributed by atoms with Crippen molar-refractivity contribution in [1.29, 1.82) is 0 Å². The highest BCUT2D eigenvalue weighted by molar-refractivity contribution is 6.30. The molecule has 3 aromatic carbocycles. The van der Waals surface area contributed by atoms with Crippen LogP contribution in [0.15, 0.2) is 91.0 Å². The first-order chi connectivity index (χ1) is 18.0. The summed E-state index contributed by atoms with van der Waals surface area (Å²) in [4.78, 5) is 18.4. The number of nitrogens with one attached hydrogen (secondary N) is 1. The lowest BCUT2D eigenvalue weighted by atomic mass is 10.1. The van der Waals surface area contributed by atoms with Gasteiger partial charge < -0.3 is 10.1 Å². The monoisotopic (exact) mass is 510 g/mol. The van der Waals surface area contributed by atoms with Crippen LogP contribution in [-0.4, -0.2) is 33.7 Å². The third-order valence-corrected chi connectivity index (χ3v) is 6.52. The van der Waals surface area contributed by atoms with E-state index in [9.17, 15) is 4.79 Å². The van der Waals surface area contributed by atoms with Crippen molar-refractivity contribution >= 4 is 23.2 Å². The van der Waals surface area contributed by atoms with E-state index in [4.69, 9.17) is 26.4 Å². The molecule has 7 heteroatoms. The fourth-order valence-corrected chi connectivity index (χ4v) is 4.42. The molecule has 0 aliphatic heterocycles. The average molecular weight is 511 g/mol. The number of hydrogen-bond acceptors (Lipinski definition) is 4. The van der Waals surface area contributed by atoms with Gasteiger partial charge in [-0.1, -0.05) is 66.2 Å². The second kappa shape index (κ2) is 10.8. The number of fused-ring (bicyclic) bond motifs is 1. The van der Waals surface area contributed by atoms with Gasteiger partial charge in [0.15, 0.2) is 5.65 Å². The molecule has 0 fully saturated rings. The Kier molecular flexibility index (Phi) is 7.19. The molecule has 0 bridgehead atoms. The van der Waals surface area contributed by atoms with E-state index in [0.717, 1.165) is 24.0 Å². The number of benzene rings is 3. The summed E-state index contributed by atoms with van der Waals surface area (Å²) in [7, 11) is 1.62. The third kappa shape index (κ3) is 5.49. The van der Waals surface area contributed by atoms with Gasteiger partial charge in [0.2, 0.25) is 0 Å². The van der Waals surface area contributed by atoms with Crippen molar-refractivity contribution in [2.24, 2.45) is 0 Å². The van der Waals surface area contributed by atoms with Crippen molar-refractivity contribution in [1.82, 2.24) is 19.9 Å². The SMILES string of the molecule is COc1ccccc1-c1cc(C(=O)N[C@@H](C)CCc2ccccc2)n2nc(-c3ccc(Cl)cc3)cc2n1. The van der Waals surface area contributed by atoms with Crippen molar-refractivity contribution in [2.75, 3.05) is 7.11 Å². The van der Waals surface area contributed by atoms with Crippen LogP contribution >= 0.6 is 11.6 Å². The topological polar surface area (TPSA) is 68.5 Å². The van der Waals surface area contributed by atoms with Gasteiger partial charge in [-0.2, -0.15) is 5.10 Å². The Labute approximate surface area is 220 Å². The standard InChI is InChI=1S/C30H27ClN4O2/c1-20(12-13-21-8-4-3-5-9-21)32-30(36)27-18-26(24-10-6-7-11-28(24)37-2)33-29-19-25(34-35(27)29)22-14-16-23(31)17-15-22/h3-11,14-20H,12-13H2,1-2H3,(H,32,36)/t20-/m0/s1. The molecule has 1 amide bonds. The second-order valence-electron chi connectivity index (χ2n) is 8.93. The van der Waals surface area contributed by atoms with Crippen molar-refractivity contribution in [3.05, 3.63) is 107 Å². The molecule has 0 saturated heterocycles. The molecule has 5 rings (SSSR count). The molecule has 0 aliphatic rings. The molecule has 6 nitrogen and oxygen atoms in total. The van der Waals surface area contributed by atoms with Crippen LogP contribution in [0.4, 0.5) is 0 Å². The molecule has 2 aromatic heterocycles. The minimum Gasteiger partial charge on any atom is -0.496 e. The Morgan fingerprint density at radius 1 is 0.973 bits per heavy atom. The quantitative estimate of drug-likeness (QED) is 0.259. The number of aryl methyl sites for hydroxylation is 1. The molecule has 1 N–H and O–H groups in total. The number of nitrogens with zero attached hydrogens (tertiary/aromatic N) is 3. The predicted octanol–water partition coefficient (Wildman–Crippen LogP) is 6.48. The van der Waals surface area contributed by atoms with E-state index in [0.29, 0.717) is 33.5 Å². The number of hydrogen-bond donors (Lipinski definition) is 1. The molecular formula is C30H27ClN4O2. The maximum atomic E-state index is 13.6. The average Bonchev–Trinajstić information content (AvgIpc) is 3.36. The minimum atomic E-state index is -0.213. The number of halogens is 1. The van der Waals surface area contributed by atoms with E-state index in [2.05, 4.69) is 17.4 Å². The normalized spacial score (nSPS) is 11.9. The van der Waals surface area contributed by atoms with Crippen LogP contribution in [0.1, 0.15) is 29.4 Å². The van der Waals surface area contributed by atoms with Crippen molar-refractivity contribution in [3.8, 4) is 28.3 Å². The van der Waals surface area contributed by atoms with Crippen LogP contribution in [0.5, 0.6) is 5.75 Å². The van der Waals surface area contributed by atoms with Crippen LogP contribution in [-0.2, 0) is 6.42 Å². The highest BCUT2D eigenvalue weighted by atomic mass is 35.5. The van der Waals surface area contributed by atoms with Crippen molar-refractivity contribution < 1.29 is 9.53 Å². The van der Waals surface area contributed by atoms with Crippen molar-refractivity contribution in [3.63, 3.8) is 0 Å². The zero-order valence-corrected chi connectivity index (χ0v) is 21.4. The summed E-state index contributed by atoms with van der Waals surface area (Å²) in [5.74, 6) is 0.467. The fourth-order valence-electron chi connectivity index (χ4n) is 4.29. The zero-order chi connectivity index (χ0) is 25.8. The number of aromatic nitrogens is 3. The Balaban J connectivity index is 1.51. The van der Waals surface area contributed by atoms with Gasteiger partial charge in [-0.05, 0) is 55.7 Å². The van der Waals surface area contributed by atoms with Crippen LogP contribution < -0.4 is 10.1 Å². The number of rotatable bonds is 8. The van der Waals surface area contributed by atoms with Gasteiger partial charge in [0.1, 0.15) is 11.4 Å². The van der Waals surface area contributed by atoms with Gasteiger partial charge in [-0.25, -0.2) is 9.50 Å². The first-order valence-electron chi connectivity index (χ1n) is 12.2. The Morgan fingerprint density at radius 2 is 1.70 bits per heavy atom. The van der Waals surface area contributed by atoms with Gasteiger partial charge in [0, 0.05) is 28.3 Å². The van der Waals surface area contributed by atoms with E-state index in [1.165, 1.54) is 5.56 Å². The Hall–Kier alpha value is -4.16. The van der Waals surface area contributed by atoms with E-state index < -0.39 is 0 Å². The molecule has 1 atom stereocenters. The smallest absolute Gasteiger partial charge is 0.270 e. The minimum absolute atomic E-state index is 0.0306. The highest BCUT2D eigenvalue weighted by Crippen LogP contribution is 2.30. The molecular weight excluding hydrogens is 484 g/mol. The number of carbonyl (C=O) groups excluding carboxylic acids is 1. The Bertz CT molecular complexity index is 1530. The number of ether oxygens (including phenoxy) is 1. The predicted molar refractivity (Wildman–Crippen MR) is 147 cm³/mol. The maximum Gasteiger partial charge on any atom is 0.270 e. The lowest BCUT2D eigenvalue weighted by Gasteiger charge is -2.15. The lowest BCUT2D eigenvalue weighted by Crippen LogP contribution is -2.34. The van der Waals surface area contributed by atoms with Gasteiger partial charge >= 0.3 is 0 Å².